The van der Waals surface area contributed by atoms with Crippen molar-refractivity contribution < 1.29 is 9.53 Å². The number of nitrogens with one attached hydrogen (secondary N) is 2. The van der Waals surface area contributed by atoms with Gasteiger partial charge in [0.1, 0.15) is 11.8 Å². The third-order valence-electron chi connectivity index (χ3n) is 4.98. The molecule has 1 heterocycles. The third kappa shape index (κ3) is 5.16. The molecular weight excluding hydrogens is 338 g/mol. The lowest BCUT2D eigenvalue weighted by atomic mass is 10.2. The van der Waals surface area contributed by atoms with Gasteiger partial charge in [0.15, 0.2) is 0 Å². The lowest BCUT2D eigenvalue weighted by molar-refractivity contribution is -0.116. The minimum atomic E-state index is -0.362. The fraction of sp³-hybridized carbons (Fsp3) is 0.409. The van der Waals surface area contributed by atoms with E-state index in [1.54, 1.807) is 7.11 Å². The number of carbonyl (C=O) groups excluding carboxylic acids is 1. The van der Waals surface area contributed by atoms with E-state index in [-0.39, 0.29) is 11.9 Å². The summed E-state index contributed by atoms with van der Waals surface area (Å²) in [5.41, 5.74) is 2.87. The van der Waals surface area contributed by atoms with Crippen LogP contribution in [0, 0.1) is 0 Å². The molecule has 1 aliphatic heterocycles. The molecule has 0 aliphatic carbocycles. The lowest BCUT2D eigenvalue weighted by Crippen LogP contribution is -2.32. The average molecular weight is 367 g/mol. The number of rotatable bonds is 6. The first kappa shape index (κ1) is 19.1. The van der Waals surface area contributed by atoms with E-state index in [9.17, 15) is 4.79 Å². The summed E-state index contributed by atoms with van der Waals surface area (Å²) < 4.78 is 5.28. The molecule has 5 heteroatoms. The Bertz CT molecular complexity index is 737. The molecule has 3 rings (SSSR count). The van der Waals surface area contributed by atoms with Crippen molar-refractivity contribution in [1.29, 1.82) is 0 Å². The van der Waals surface area contributed by atoms with Crippen LogP contribution in [0.25, 0.3) is 0 Å². The van der Waals surface area contributed by atoms with Gasteiger partial charge in [-0.25, -0.2) is 0 Å². The summed E-state index contributed by atoms with van der Waals surface area (Å²) in [7, 11) is 1.60. The molecule has 2 aromatic carbocycles. The van der Waals surface area contributed by atoms with E-state index in [4.69, 9.17) is 4.74 Å². The molecule has 1 atom stereocenters. The Kier molecular flexibility index (Phi) is 6.58. The first-order valence-electron chi connectivity index (χ1n) is 9.73. The minimum absolute atomic E-state index is 0.101. The van der Waals surface area contributed by atoms with Crippen LogP contribution in [0.5, 0.6) is 5.75 Å². The molecular formula is C22H29N3O2. The van der Waals surface area contributed by atoms with Crippen molar-refractivity contribution in [3.8, 4) is 5.75 Å². The summed E-state index contributed by atoms with van der Waals surface area (Å²) in [6.07, 6.45) is 5.18. The normalized spacial score (nSPS) is 15.6. The highest BCUT2D eigenvalue weighted by Gasteiger charge is 2.15. The quantitative estimate of drug-likeness (QED) is 0.788. The van der Waals surface area contributed by atoms with Crippen molar-refractivity contribution >= 4 is 23.0 Å². The van der Waals surface area contributed by atoms with Crippen molar-refractivity contribution in [2.75, 3.05) is 35.7 Å². The number of amides is 1. The maximum Gasteiger partial charge on any atom is 0.246 e. The number of anilines is 3. The highest BCUT2D eigenvalue weighted by Crippen LogP contribution is 2.24. The van der Waals surface area contributed by atoms with E-state index >= 15 is 0 Å². The fourth-order valence-corrected chi connectivity index (χ4v) is 3.40. The summed E-state index contributed by atoms with van der Waals surface area (Å²) in [6, 6.07) is 15.4. The number of hydrogen-bond donors (Lipinski definition) is 2. The van der Waals surface area contributed by atoms with Crippen LogP contribution in [-0.2, 0) is 4.79 Å². The van der Waals surface area contributed by atoms with Crippen molar-refractivity contribution in [1.82, 2.24) is 0 Å². The Balaban J connectivity index is 1.58. The van der Waals surface area contributed by atoms with Gasteiger partial charge in [-0.1, -0.05) is 25.0 Å². The van der Waals surface area contributed by atoms with E-state index in [0.29, 0.717) is 11.4 Å². The van der Waals surface area contributed by atoms with E-state index < -0.39 is 0 Å². The Morgan fingerprint density at radius 1 is 1.00 bits per heavy atom. The van der Waals surface area contributed by atoms with E-state index in [2.05, 4.69) is 27.7 Å². The molecule has 1 saturated heterocycles. The fourth-order valence-electron chi connectivity index (χ4n) is 3.40. The maximum absolute atomic E-state index is 12.5. The highest BCUT2D eigenvalue weighted by molar-refractivity contribution is 5.97. The van der Waals surface area contributed by atoms with Crippen LogP contribution < -0.4 is 20.3 Å². The first-order valence-corrected chi connectivity index (χ1v) is 9.73. The Labute approximate surface area is 161 Å². The molecule has 0 spiro atoms. The van der Waals surface area contributed by atoms with Crippen LogP contribution in [0.15, 0.2) is 48.5 Å². The standard InChI is InChI=1S/C22H29N3O2/c1-17(22(26)24-20-9-5-6-10-21(20)27-2)23-18-11-13-19(14-12-18)25-15-7-3-4-8-16-25/h5-6,9-14,17,23H,3-4,7-8,15-16H2,1-2H3,(H,24,26). The average Bonchev–Trinajstić information content (AvgIpc) is 2.98. The Morgan fingerprint density at radius 3 is 2.33 bits per heavy atom. The SMILES string of the molecule is COc1ccccc1NC(=O)C(C)Nc1ccc(N2CCCCCC2)cc1. The molecule has 2 N–H and O–H groups in total. The second-order valence-corrected chi connectivity index (χ2v) is 7.00. The molecule has 1 amide bonds. The number of hydrogen-bond acceptors (Lipinski definition) is 4. The smallest absolute Gasteiger partial charge is 0.246 e. The first-order chi connectivity index (χ1) is 13.2. The van der Waals surface area contributed by atoms with Crippen LogP contribution in [0.2, 0.25) is 0 Å². The highest BCUT2D eigenvalue weighted by atomic mass is 16.5. The Morgan fingerprint density at radius 2 is 1.67 bits per heavy atom. The van der Waals surface area contributed by atoms with E-state index in [0.717, 1.165) is 18.8 Å². The molecule has 2 aromatic rings. The van der Waals surface area contributed by atoms with Crippen LogP contribution >= 0.6 is 0 Å². The van der Waals surface area contributed by atoms with Crippen LogP contribution in [0.3, 0.4) is 0 Å². The number of carbonyl (C=O) groups is 1. The van der Waals surface area contributed by atoms with Crippen molar-refractivity contribution in [3.63, 3.8) is 0 Å². The predicted octanol–water partition coefficient (Wildman–Crippen LogP) is 4.51. The van der Waals surface area contributed by atoms with Crippen LogP contribution in [-0.4, -0.2) is 32.1 Å². The summed E-state index contributed by atoms with van der Waals surface area (Å²) in [6.45, 7) is 4.11. The zero-order chi connectivity index (χ0) is 19.1. The van der Waals surface area contributed by atoms with Gasteiger partial charge in [0.05, 0.1) is 12.8 Å². The predicted molar refractivity (Wildman–Crippen MR) is 112 cm³/mol. The van der Waals surface area contributed by atoms with Crippen molar-refractivity contribution in [2.45, 2.75) is 38.6 Å². The molecule has 1 unspecified atom stereocenters. The van der Waals surface area contributed by atoms with Gasteiger partial charge in [-0.3, -0.25) is 4.79 Å². The van der Waals surface area contributed by atoms with E-state index in [1.165, 1.54) is 31.4 Å². The van der Waals surface area contributed by atoms with Crippen LogP contribution in [0.4, 0.5) is 17.1 Å². The van der Waals surface area contributed by atoms with Gasteiger partial charge < -0.3 is 20.3 Å². The van der Waals surface area contributed by atoms with Gasteiger partial charge in [-0.15, -0.1) is 0 Å². The lowest BCUT2D eigenvalue weighted by Gasteiger charge is -2.23. The van der Waals surface area contributed by atoms with Crippen LogP contribution in [0.1, 0.15) is 32.6 Å². The number of ether oxygens (including phenoxy) is 1. The van der Waals surface area contributed by atoms with Gasteiger partial charge in [0, 0.05) is 24.5 Å². The topological polar surface area (TPSA) is 53.6 Å². The second kappa shape index (κ2) is 9.31. The summed E-state index contributed by atoms with van der Waals surface area (Å²) in [5.74, 6) is 0.552. The summed E-state index contributed by atoms with van der Waals surface area (Å²) in [5, 5.41) is 6.19. The second-order valence-electron chi connectivity index (χ2n) is 7.00. The van der Waals surface area contributed by atoms with Crippen molar-refractivity contribution in [3.05, 3.63) is 48.5 Å². The van der Waals surface area contributed by atoms with Crippen molar-refractivity contribution in [2.24, 2.45) is 0 Å². The molecule has 5 nitrogen and oxygen atoms in total. The van der Waals surface area contributed by atoms with Gasteiger partial charge in [0.2, 0.25) is 5.91 Å². The van der Waals surface area contributed by atoms with Gasteiger partial charge in [0.25, 0.3) is 0 Å². The van der Waals surface area contributed by atoms with Gasteiger partial charge in [-0.2, -0.15) is 0 Å². The number of benzene rings is 2. The molecule has 144 valence electrons. The Hall–Kier alpha value is -2.69. The molecule has 0 saturated carbocycles. The summed E-state index contributed by atoms with van der Waals surface area (Å²) >= 11 is 0. The minimum Gasteiger partial charge on any atom is -0.495 e. The molecule has 27 heavy (non-hydrogen) atoms. The molecule has 0 bridgehead atoms. The maximum atomic E-state index is 12.5. The van der Waals surface area contributed by atoms with E-state index in [1.807, 2.05) is 43.3 Å². The van der Waals surface area contributed by atoms with Gasteiger partial charge in [-0.05, 0) is 56.2 Å². The third-order valence-corrected chi connectivity index (χ3v) is 4.98. The molecule has 0 aromatic heterocycles. The summed E-state index contributed by atoms with van der Waals surface area (Å²) in [4.78, 5) is 15.0. The number of methoxy groups -OCH3 is 1. The van der Waals surface area contributed by atoms with Gasteiger partial charge >= 0.3 is 0 Å². The number of para-hydroxylation sites is 2. The largest absolute Gasteiger partial charge is 0.495 e. The molecule has 1 fully saturated rings. The monoisotopic (exact) mass is 367 g/mol. The molecule has 0 radical (unpaired) electrons. The molecule has 1 aliphatic rings. The number of nitrogens with zero attached hydrogens (tertiary/aromatic N) is 1. The zero-order valence-electron chi connectivity index (χ0n) is 16.2. The zero-order valence-corrected chi connectivity index (χ0v) is 16.2.